The van der Waals surface area contributed by atoms with Crippen LogP contribution in [0.2, 0.25) is 0 Å². The van der Waals surface area contributed by atoms with E-state index < -0.39 is 0 Å². The van der Waals surface area contributed by atoms with Gasteiger partial charge >= 0.3 is 0 Å². The SMILES string of the molecule is CC1OCCCCC1=O. The fourth-order valence-electron chi connectivity index (χ4n) is 0.958. The van der Waals surface area contributed by atoms with Gasteiger partial charge in [0.15, 0.2) is 5.78 Å². The van der Waals surface area contributed by atoms with Gasteiger partial charge in [0.25, 0.3) is 0 Å². The number of carbonyl (C=O) groups is 1. The molecule has 0 aromatic rings. The van der Waals surface area contributed by atoms with Crippen molar-refractivity contribution in [2.45, 2.75) is 32.3 Å². The summed E-state index contributed by atoms with van der Waals surface area (Å²) in [4.78, 5) is 10.9. The maximum Gasteiger partial charge on any atom is 0.161 e. The van der Waals surface area contributed by atoms with Crippen molar-refractivity contribution < 1.29 is 9.53 Å². The van der Waals surface area contributed by atoms with Crippen LogP contribution in [-0.2, 0) is 9.53 Å². The van der Waals surface area contributed by atoms with E-state index >= 15 is 0 Å². The van der Waals surface area contributed by atoms with E-state index in [1.54, 1.807) is 0 Å². The molecule has 0 N–H and O–H groups in total. The monoisotopic (exact) mass is 128 g/mol. The Hall–Kier alpha value is -0.370. The third-order valence-electron chi connectivity index (χ3n) is 1.64. The summed E-state index contributed by atoms with van der Waals surface area (Å²) in [6.07, 6.45) is 2.60. The summed E-state index contributed by atoms with van der Waals surface area (Å²) >= 11 is 0. The zero-order chi connectivity index (χ0) is 6.69. The molecule has 1 atom stereocenters. The topological polar surface area (TPSA) is 26.3 Å². The van der Waals surface area contributed by atoms with Gasteiger partial charge in [0.2, 0.25) is 0 Å². The van der Waals surface area contributed by atoms with Gasteiger partial charge in [-0.3, -0.25) is 4.79 Å². The van der Waals surface area contributed by atoms with Crippen LogP contribution >= 0.6 is 0 Å². The molecule has 0 bridgehead atoms. The highest BCUT2D eigenvalue weighted by molar-refractivity contribution is 5.82. The van der Waals surface area contributed by atoms with Crippen LogP contribution in [0, 0.1) is 0 Å². The molecule has 1 aliphatic heterocycles. The highest BCUT2D eigenvalue weighted by Gasteiger charge is 2.15. The van der Waals surface area contributed by atoms with E-state index in [0.29, 0.717) is 6.42 Å². The van der Waals surface area contributed by atoms with Crippen LogP contribution in [0.5, 0.6) is 0 Å². The second-order valence-corrected chi connectivity index (χ2v) is 2.44. The van der Waals surface area contributed by atoms with Gasteiger partial charge in [-0.1, -0.05) is 0 Å². The molecule has 1 saturated heterocycles. The van der Waals surface area contributed by atoms with E-state index in [9.17, 15) is 4.79 Å². The summed E-state index contributed by atoms with van der Waals surface area (Å²) in [5, 5.41) is 0. The van der Waals surface area contributed by atoms with Crippen molar-refractivity contribution in [3.05, 3.63) is 0 Å². The number of hydrogen-bond acceptors (Lipinski definition) is 2. The van der Waals surface area contributed by atoms with Crippen LogP contribution in [0.3, 0.4) is 0 Å². The number of Topliss-reactive ketones (excluding diaryl/α,β-unsaturated/α-hetero) is 1. The van der Waals surface area contributed by atoms with Crippen LogP contribution in [0.4, 0.5) is 0 Å². The highest BCUT2D eigenvalue weighted by atomic mass is 16.5. The van der Waals surface area contributed by atoms with Gasteiger partial charge in [-0.25, -0.2) is 0 Å². The van der Waals surface area contributed by atoms with E-state index in [1.807, 2.05) is 6.92 Å². The molecule has 0 saturated carbocycles. The molecule has 1 fully saturated rings. The Labute approximate surface area is 55.2 Å². The second kappa shape index (κ2) is 2.97. The second-order valence-electron chi connectivity index (χ2n) is 2.44. The smallest absolute Gasteiger partial charge is 0.161 e. The zero-order valence-corrected chi connectivity index (χ0v) is 5.72. The Morgan fingerprint density at radius 3 is 3.11 bits per heavy atom. The summed E-state index contributed by atoms with van der Waals surface area (Å²) in [5.41, 5.74) is 0. The van der Waals surface area contributed by atoms with Gasteiger partial charge in [0.05, 0.1) is 0 Å². The third-order valence-corrected chi connectivity index (χ3v) is 1.64. The van der Waals surface area contributed by atoms with Gasteiger partial charge in [-0.05, 0) is 19.8 Å². The molecule has 0 aromatic heterocycles. The minimum absolute atomic E-state index is 0.146. The number of hydrogen-bond donors (Lipinski definition) is 0. The molecule has 0 aliphatic carbocycles. The molecule has 0 aromatic carbocycles. The third kappa shape index (κ3) is 1.79. The van der Waals surface area contributed by atoms with E-state index in [0.717, 1.165) is 19.4 Å². The highest BCUT2D eigenvalue weighted by Crippen LogP contribution is 2.08. The molecule has 1 heterocycles. The average molecular weight is 128 g/mol. The first kappa shape index (κ1) is 6.75. The Morgan fingerprint density at radius 2 is 2.33 bits per heavy atom. The predicted molar refractivity (Wildman–Crippen MR) is 34.3 cm³/mol. The maximum absolute atomic E-state index is 10.9. The molecule has 0 amide bonds. The summed E-state index contributed by atoms with van der Waals surface area (Å²) in [6, 6.07) is 0. The van der Waals surface area contributed by atoms with Crippen LogP contribution in [0.25, 0.3) is 0 Å². The zero-order valence-electron chi connectivity index (χ0n) is 5.72. The predicted octanol–water partition coefficient (Wildman–Crippen LogP) is 1.14. The largest absolute Gasteiger partial charge is 0.371 e. The Bertz CT molecular complexity index is 109. The molecule has 9 heavy (non-hydrogen) atoms. The summed E-state index contributed by atoms with van der Waals surface area (Å²) in [5.74, 6) is 0.257. The molecule has 1 aliphatic rings. The van der Waals surface area contributed by atoms with Gasteiger partial charge in [0.1, 0.15) is 6.10 Å². The molecule has 2 heteroatoms. The van der Waals surface area contributed by atoms with Crippen molar-refractivity contribution in [2.75, 3.05) is 6.61 Å². The van der Waals surface area contributed by atoms with Crippen molar-refractivity contribution in [1.29, 1.82) is 0 Å². The van der Waals surface area contributed by atoms with E-state index in [-0.39, 0.29) is 11.9 Å². The van der Waals surface area contributed by atoms with Crippen LogP contribution < -0.4 is 0 Å². The number of ketones is 1. The Morgan fingerprint density at radius 1 is 1.56 bits per heavy atom. The first-order valence-electron chi connectivity index (χ1n) is 3.45. The van der Waals surface area contributed by atoms with Crippen LogP contribution in [-0.4, -0.2) is 18.5 Å². The molecule has 2 nitrogen and oxygen atoms in total. The van der Waals surface area contributed by atoms with Gasteiger partial charge < -0.3 is 4.74 Å². The molecular formula is C7H12O2. The lowest BCUT2D eigenvalue weighted by molar-refractivity contribution is -0.127. The van der Waals surface area contributed by atoms with E-state index in [1.165, 1.54) is 0 Å². The first-order chi connectivity index (χ1) is 4.30. The fourth-order valence-corrected chi connectivity index (χ4v) is 0.958. The number of carbonyl (C=O) groups excluding carboxylic acids is 1. The Balaban J connectivity index is 2.41. The quantitative estimate of drug-likeness (QED) is 0.489. The van der Waals surface area contributed by atoms with Crippen molar-refractivity contribution in [3.8, 4) is 0 Å². The van der Waals surface area contributed by atoms with E-state index in [2.05, 4.69) is 0 Å². The van der Waals surface area contributed by atoms with Gasteiger partial charge in [-0.15, -0.1) is 0 Å². The molecule has 1 rings (SSSR count). The van der Waals surface area contributed by atoms with Crippen molar-refractivity contribution in [2.24, 2.45) is 0 Å². The molecular weight excluding hydrogens is 116 g/mol. The summed E-state index contributed by atoms with van der Waals surface area (Å²) in [7, 11) is 0. The lowest BCUT2D eigenvalue weighted by Gasteiger charge is -2.04. The standard InChI is InChI=1S/C7H12O2/c1-6-7(8)4-2-3-5-9-6/h6H,2-5H2,1H3. The molecule has 52 valence electrons. The first-order valence-corrected chi connectivity index (χ1v) is 3.45. The van der Waals surface area contributed by atoms with Crippen molar-refractivity contribution in [1.82, 2.24) is 0 Å². The molecule has 0 radical (unpaired) electrons. The lowest BCUT2D eigenvalue weighted by atomic mass is 10.1. The summed E-state index contributed by atoms with van der Waals surface area (Å²) in [6.45, 7) is 2.58. The number of rotatable bonds is 0. The molecule has 1 unspecified atom stereocenters. The number of ether oxygens (including phenoxy) is 1. The van der Waals surface area contributed by atoms with Crippen molar-refractivity contribution in [3.63, 3.8) is 0 Å². The summed E-state index contributed by atoms with van der Waals surface area (Å²) < 4.78 is 5.17. The molecule has 0 spiro atoms. The minimum Gasteiger partial charge on any atom is -0.371 e. The maximum atomic E-state index is 10.9. The minimum atomic E-state index is -0.146. The van der Waals surface area contributed by atoms with Gasteiger partial charge in [0, 0.05) is 13.0 Å². The van der Waals surface area contributed by atoms with Crippen molar-refractivity contribution >= 4 is 5.78 Å². The van der Waals surface area contributed by atoms with Gasteiger partial charge in [-0.2, -0.15) is 0 Å². The fraction of sp³-hybridized carbons (Fsp3) is 0.857. The Kier molecular flexibility index (Phi) is 2.22. The normalized spacial score (nSPS) is 29.9. The average Bonchev–Trinajstić information content (AvgIpc) is 1.99. The van der Waals surface area contributed by atoms with E-state index in [4.69, 9.17) is 4.74 Å². The lowest BCUT2D eigenvalue weighted by Crippen LogP contribution is -2.17. The van der Waals surface area contributed by atoms with Crippen LogP contribution in [0.15, 0.2) is 0 Å². The van der Waals surface area contributed by atoms with Crippen LogP contribution in [0.1, 0.15) is 26.2 Å².